The highest BCUT2D eigenvalue weighted by atomic mass is 35.5. The van der Waals surface area contributed by atoms with E-state index < -0.39 is 5.91 Å². The molecule has 2 heterocycles. The summed E-state index contributed by atoms with van der Waals surface area (Å²) >= 11 is 5.69. The van der Waals surface area contributed by atoms with E-state index in [-0.39, 0.29) is 11.4 Å². The Morgan fingerprint density at radius 2 is 1.90 bits per heavy atom. The first-order valence-electron chi connectivity index (χ1n) is 7.16. The van der Waals surface area contributed by atoms with Crippen molar-refractivity contribution in [1.82, 2.24) is 20.0 Å². The highest BCUT2D eigenvalue weighted by Crippen LogP contribution is 2.60. The van der Waals surface area contributed by atoms with Crippen molar-refractivity contribution in [3.63, 3.8) is 0 Å². The molecule has 5 rings (SSSR count). The van der Waals surface area contributed by atoms with Crippen LogP contribution in [0.1, 0.15) is 25.0 Å². The molecule has 1 saturated heterocycles. The molecule has 21 heavy (non-hydrogen) atoms. The fourth-order valence-electron chi connectivity index (χ4n) is 3.66. The Morgan fingerprint density at radius 1 is 1.14 bits per heavy atom. The quantitative estimate of drug-likeness (QED) is 0.777. The summed E-state index contributed by atoms with van der Waals surface area (Å²) in [6, 6.07) is 3.36. The zero-order valence-electron chi connectivity index (χ0n) is 11.5. The number of rotatable bonds is 3. The summed E-state index contributed by atoms with van der Waals surface area (Å²) < 4.78 is 0. The summed E-state index contributed by atoms with van der Waals surface area (Å²) in [6.07, 6.45) is 3.23. The molecule has 4 aliphatic rings. The number of halogens is 1. The van der Waals surface area contributed by atoms with E-state index in [2.05, 4.69) is 10.2 Å². The molecule has 0 spiro atoms. The maximum Gasteiger partial charge on any atom is 0.312 e. The third kappa shape index (κ3) is 1.92. The Hall–Kier alpha value is -1.69. The van der Waals surface area contributed by atoms with Gasteiger partial charge in [-0.15, -0.1) is 5.10 Å². The van der Waals surface area contributed by atoms with Crippen molar-refractivity contribution in [2.75, 3.05) is 13.1 Å². The zero-order chi connectivity index (χ0) is 14.6. The predicted molar refractivity (Wildman–Crippen MR) is 74.2 cm³/mol. The first kappa shape index (κ1) is 13.0. The molecule has 3 aliphatic carbocycles. The number of nitrogens with zero attached hydrogens (tertiary/aromatic N) is 4. The van der Waals surface area contributed by atoms with Gasteiger partial charge in [0, 0.05) is 18.6 Å². The smallest absolute Gasteiger partial charge is 0.312 e. The average molecular weight is 307 g/mol. The second-order valence-electron chi connectivity index (χ2n) is 6.23. The molecule has 1 aromatic heterocycles. The molecular weight excluding hydrogens is 292 g/mol. The van der Waals surface area contributed by atoms with Gasteiger partial charge in [0.05, 0.1) is 12.2 Å². The molecule has 1 aliphatic heterocycles. The molecule has 6 nitrogen and oxygen atoms in total. The van der Waals surface area contributed by atoms with Crippen LogP contribution < -0.4 is 0 Å². The SMILES string of the molecule is O=C1C(=O)N(C23CC(C2)C3)CCN1Cc1ccc(Cl)nn1. The fraction of sp³-hybridized carbons (Fsp3) is 0.571. The van der Waals surface area contributed by atoms with E-state index >= 15 is 0 Å². The second kappa shape index (κ2) is 4.40. The number of hydrogen-bond acceptors (Lipinski definition) is 4. The summed E-state index contributed by atoms with van der Waals surface area (Å²) in [5.74, 6) is -0.000629. The summed E-state index contributed by atoms with van der Waals surface area (Å²) in [5.41, 5.74) is 0.656. The van der Waals surface area contributed by atoms with Crippen LogP contribution >= 0.6 is 11.6 Å². The summed E-state index contributed by atoms with van der Waals surface area (Å²) in [5, 5.41) is 8.00. The molecule has 2 amide bonds. The van der Waals surface area contributed by atoms with Crippen LogP contribution in [0.5, 0.6) is 0 Å². The number of carbonyl (C=O) groups excluding carboxylic acids is 2. The van der Waals surface area contributed by atoms with Crippen LogP contribution in [0.2, 0.25) is 5.15 Å². The molecule has 110 valence electrons. The van der Waals surface area contributed by atoms with Gasteiger partial charge >= 0.3 is 11.8 Å². The maximum absolute atomic E-state index is 12.3. The van der Waals surface area contributed by atoms with Crippen LogP contribution in [0.4, 0.5) is 0 Å². The van der Waals surface area contributed by atoms with Crippen molar-refractivity contribution in [3.05, 3.63) is 23.0 Å². The van der Waals surface area contributed by atoms with Crippen LogP contribution in [-0.2, 0) is 16.1 Å². The van der Waals surface area contributed by atoms with Gasteiger partial charge in [0.1, 0.15) is 0 Å². The molecule has 3 saturated carbocycles. The molecule has 7 heteroatoms. The maximum atomic E-state index is 12.3. The topological polar surface area (TPSA) is 66.4 Å². The van der Waals surface area contributed by atoms with Gasteiger partial charge in [-0.25, -0.2) is 0 Å². The molecular formula is C14H15ClN4O2. The van der Waals surface area contributed by atoms with E-state index in [1.165, 1.54) is 0 Å². The number of hydrogen-bond donors (Lipinski definition) is 0. The minimum atomic E-state index is -0.428. The highest BCUT2D eigenvalue weighted by molar-refractivity contribution is 6.35. The first-order chi connectivity index (χ1) is 10.1. The number of aromatic nitrogens is 2. The lowest BCUT2D eigenvalue weighted by Crippen LogP contribution is -2.73. The van der Waals surface area contributed by atoms with Gasteiger partial charge in [-0.05, 0) is 37.3 Å². The zero-order valence-corrected chi connectivity index (χ0v) is 12.2. The molecule has 0 aromatic carbocycles. The largest absolute Gasteiger partial charge is 0.327 e. The van der Waals surface area contributed by atoms with Gasteiger partial charge < -0.3 is 9.80 Å². The summed E-state index contributed by atoms with van der Waals surface area (Å²) in [6.45, 7) is 1.48. The van der Waals surface area contributed by atoms with Crippen molar-refractivity contribution >= 4 is 23.4 Å². The fourth-order valence-corrected chi connectivity index (χ4v) is 3.77. The van der Waals surface area contributed by atoms with Crippen molar-refractivity contribution in [1.29, 1.82) is 0 Å². The van der Waals surface area contributed by atoms with Crippen molar-refractivity contribution in [3.8, 4) is 0 Å². The number of carbonyl (C=O) groups is 2. The van der Waals surface area contributed by atoms with Crippen LogP contribution in [0.15, 0.2) is 12.1 Å². The molecule has 0 atom stereocenters. The predicted octanol–water partition coefficient (Wildman–Crippen LogP) is 0.853. The van der Waals surface area contributed by atoms with Gasteiger partial charge in [0.25, 0.3) is 0 Å². The molecule has 1 aromatic rings. The van der Waals surface area contributed by atoms with E-state index in [9.17, 15) is 9.59 Å². The Morgan fingerprint density at radius 3 is 2.48 bits per heavy atom. The Bertz CT molecular complexity index is 601. The lowest BCUT2D eigenvalue weighted by atomic mass is 9.49. The lowest BCUT2D eigenvalue weighted by molar-refractivity contribution is -0.186. The Labute approximate surface area is 127 Å². The third-order valence-electron chi connectivity index (χ3n) is 4.93. The molecule has 2 bridgehead atoms. The standard InChI is InChI=1S/C14H15ClN4O2/c15-11-2-1-10(16-17-11)8-18-3-4-19(13(21)12(18)20)14-5-9(6-14)7-14/h1-2,9H,3-8H2. The minimum Gasteiger partial charge on any atom is -0.327 e. The van der Waals surface area contributed by atoms with Gasteiger partial charge in [-0.3, -0.25) is 9.59 Å². The van der Waals surface area contributed by atoms with Crippen LogP contribution in [-0.4, -0.2) is 50.4 Å². The lowest BCUT2D eigenvalue weighted by Gasteiger charge is -2.66. The Balaban J connectivity index is 1.45. The first-order valence-corrected chi connectivity index (χ1v) is 7.54. The summed E-state index contributed by atoms with van der Waals surface area (Å²) in [4.78, 5) is 27.9. The number of piperazine rings is 1. The second-order valence-corrected chi connectivity index (χ2v) is 6.62. The van der Waals surface area contributed by atoms with Gasteiger partial charge in [-0.1, -0.05) is 11.6 Å². The van der Waals surface area contributed by atoms with Crippen LogP contribution in [0.3, 0.4) is 0 Å². The van der Waals surface area contributed by atoms with Gasteiger partial charge in [0.15, 0.2) is 5.15 Å². The minimum absolute atomic E-state index is 0.0174. The van der Waals surface area contributed by atoms with E-state index in [1.807, 2.05) is 0 Å². The average Bonchev–Trinajstić information content (AvgIpc) is 2.37. The van der Waals surface area contributed by atoms with Crippen molar-refractivity contribution in [2.45, 2.75) is 31.3 Å². The van der Waals surface area contributed by atoms with Gasteiger partial charge in [0.2, 0.25) is 0 Å². The molecule has 0 unspecified atom stereocenters. The van der Waals surface area contributed by atoms with Gasteiger partial charge in [-0.2, -0.15) is 5.10 Å². The highest BCUT2D eigenvalue weighted by Gasteiger charge is 2.62. The normalized spacial score (nSPS) is 31.0. The van der Waals surface area contributed by atoms with E-state index in [4.69, 9.17) is 11.6 Å². The van der Waals surface area contributed by atoms with E-state index in [0.717, 1.165) is 25.2 Å². The van der Waals surface area contributed by atoms with Crippen LogP contribution in [0.25, 0.3) is 0 Å². The Kier molecular flexibility index (Phi) is 2.73. The monoisotopic (exact) mass is 306 g/mol. The third-order valence-corrected chi connectivity index (χ3v) is 5.13. The molecule has 0 radical (unpaired) electrons. The van der Waals surface area contributed by atoms with Crippen molar-refractivity contribution in [2.24, 2.45) is 5.92 Å². The van der Waals surface area contributed by atoms with E-state index in [0.29, 0.717) is 30.5 Å². The molecule has 0 N–H and O–H groups in total. The van der Waals surface area contributed by atoms with E-state index in [1.54, 1.807) is 21.9 Å². The molecule has 4 fully saturated rings. The number of amides is 2. The summed E-state index contributed by atoms with van der Waals surface area (Å²) in [7, 11) is 0. The van der Waals surface area contributed by atoms with Crippen molar-refractivity contribution < 1.29 is 9.59 Å². The van der Waals surface area contributed by atoms with Crippen LogP contribution in [0, 0.1) is 5.92 Å².